The van der Waals surface area contributed by atoms with E-state index < -0.39 is 11.9 Å². The third kappa shape index (κ3) is 3.59. The van der Waals surface area contributed by atoms with Crippen LogP contribution in [0.25, 0.3) is 0 Å². The largest absolute Gasteiger partial charge is 0.481 e. The lowest BCUT2D eigenvalue weighted by atomic mass is 9.95. The molecule has 2 N–H and O–H groups in total. The Bertz CT molecular complexity index is 369. The van der Waals surface area contributed by atoms with Crippen molar-refractivity contribution in [1.29, 1.82) is 0 Å². The van der Waals surface area contributed by atoms with Gasteiger partial charge in [-0.25, -0.2) is 4.79 Å². The van der Waals surface area contributed by atoms with E-state index in [9.17, 15) is 9.59 Å². The summed E-state index contributed by atoms with van der Waals surface area (Å²) >= 11 is 1.91. The number of urea groups is 1. The molecule has 20 heavy (non-hydrogen) atoms. The fraction of sp³-hybridized carbons (Fsp3) is 0.857. The standard InChI is InChI=1S/C14H24N2O3S/c1-9-7-16(8-12(9)13(17)18)14(19)15-10-3-5-11(20-2)6-4-10/h9-12H,3-8H2,1-2H3,(H,15,19)(H,17,18)/t9-,10?,11?,12-/m1/s1. The normalized spacial score (nSPS) is 34.0. The molecular formula is C14H24N2O3S. The first-order chi connectivity index (χ1) is 9.51. The number of amides is 2. The van der Waals surface area contributed by atoms with Crippen LogP contribution in [-0.4, -0.2) is 52.6 Å². The van der Waals surface area contributed by atoms with Gasteiger partial charge in [0.15, 0.2) is 0 Å². The number of carboxylic acid groups (broad SMARTS) is 1. The van der Waals surface area contributed by atoms with Crippen molar-refractivity contribution < 1.29 is 14.7 Å². The van der Waals surface area contributed by atoms with Crippen LogP contribution in [0, 0.1) is 11.8 Å². The van der Waals surface area contributed by atoms with Gasteiger partial charge in [-0.1, -0.05) is 6.92 Å². The predicted molar refractivity (Wildman–Crippen MR) is 80.0 cm³/mol. The lowest BCUT2D eigenvalue weighted by Crippen LogP contribution is -2.45. The van der Waals surface area contributed by atoms with Gasteiger partial charge < -0.3 is 15.3 Å². The number of hydrogen-bond donors (Lipinski definition) is 2. The van der Waals surface area contributed by atoms with Gasteiger partial charge in [0.25, 0.3) is 0 Å². The van der Waals surface area contributed by atoms with E-state index in [-0.39, 0.29) is 18.0 Å². The van der Waals surface area contributed by atoms with Crippen molar-refractivity contribution in [3.05, 3.63) is 0 Å². The summed E-state index contributed by atoms with van der Waals surface area (Å²) in [7, 11) is 0. The minimum absolute atomic E-state index is 0.0328. The summed E-state index contributed by atoms with van der Waals surface area (Å²) in [6.45, 7) is 2.78. The van der Waals surface area contributed by atoms with Crippen LogP contribution in [0.5, 0.6) is 0 Å². The highest BCUT2D eigenvalue weighted by Gasteiger charge is 2.37. The lowest BCUT2D eigenvalue weighted by Gasteiger charge is -2.29. The SMILES string of the molecule is CSC1CCC(NC(=O)N2C[C@@H](C)[C@H](C(=O)O)C2)CC1. The van der Waals surface area contributed by atoms with E-state index in [2.05, 4.69) is 11.6 Å². The molecule has 2 aliphatic rings. The Balaban J connectivity index is 1.80. The van der Waals surface area contributed by atoms with Crippen LogP contribution >= 0.6 is 11.8 Å². The zero-order valence-electron chi connectivity index (χ0n) is 12.2. The number of aliphatic carboxylic acids is 1. The summed E-state index contributed by atoms with van der Waals surface area (Å²) in [4.78, 5) is 24.9. The molecule has 1 heterocycles. The summed E-state index contributed by atoms with van der Waals surface area (Å²) in [6, 6.07) is 0.165. The first-order valence-electron chi connectivity index (χ1n) is 7.32. The molecule has 5 nitrogen and oxygen atoms in total. The molecule has 0 radical (unpaired) electrons. The van der Waals surface area contributed by atoms with Gasteiger partial charge in [0.05, 0.1) is 5.92 Å². The van der Waals surface area contributed by atoms with Crippen LogP contribution in [0.3, 0.4) is 0 Å². The molecule has 0 aromatic heterocycles. The highest BCUT2D eigenvalue weighted by molar-refractivity contribution is 7.99. The van der Waals surface area contributed by atoms with E-state index in [1.807, 2.05) is 18.7 Å². The summed E-state index contributed by atoms with van der Waals surface area (Å²) in [6.07, 6.45) is 6.51. The Kier molecular flexibility index (Phi) is 5.18. The zero-order chi connectivity index (χ0) is 14.7. The van der Waals surface area contributed by atoms with E-state index in [0.29, 0.717) is 13.1 Å². The number of nitrogens with zero attached hydrogens (tertiary/aromatic N) is 1. The van der Waals surface area contributed by atoms with Gasteiger partial charge in [-0.05, 0) is 37.9 Å². The number of rotatable bonds is 3. The zero-order valence-corrected chi connectivity index (χ0v) is 13.0. The minimum atomic E-state index is -0.798. The molecule has 0 unspecified atom stereocenters. The first kappa shape index (κ1) is 15.5. The van der Waals surface area contributed by atoms with Gasteiger partial charge in [-0.3, -0.25) is 4.79 Å². The average Bonchev–Trinajstić information content (AvgIpc) is 2.82. The van der Waals surface area contributed by atoms with E-state index in [0.717, 1.165) is 30.9 Å². The highest BCUT2D eigenvalue weighted by Crippen LogP contribution is 2.27. The quantitative estimate of drug-likeness (QED) is 0.836. The van der Waals surface area contributed by atoms with Gasteiger partial charge in [0.2, 0.25) is 0 Å². The maximum absolute atomic E-state index is 12.2. The third-order valence-electron chi connectivity index (χ3n) is 4.55. The molecule has 2 rings (SSSR count). The van der Waals surface area contributed by atoms with Crippen LogP contribution in [0.1, 0.15) is 32.6 Å². The first-order valence-corrected chi connectivity index (χ1v) is 8.61. The van der Waals surface area contributed by atoms with Gasteiger partial charge in [0, 0.05) is 24.4 Å². The fourth-order valence-corrected chi connectivity index (χ4v) is 3.91. The van der Waals surface area contributed by atoms with Crippen molar-refractivity contribution >= 4 is 23.8 Å². The van der Waals surface area contributed by atoms with Crippen LogP contribution < -0.4 is 5.32 Å². The summed E-state index contributed by atoms with van der Waals surface area (Å²) in [5, 5.41) is 12.9. The number of carboxylic acids is 1. The van der Waals surface area contributed by atoms with Gasteiger partial charge in [-0.2, -0.15) is 11.8 Å². The van der Waals surface area contributed by atoms with E-state index in [1.165, 1.54) is 0 Å². The molecule has 0 spiro atoms. The summed E-state index contributed by atoms with van der Waals surface area (Å²) in [5.41, 5.74) is 0. The average molecular weight is 300 g/mol. The van der Waals surface area contributed by atoms with Crippen molar-refractivity contribution in [2.75, 3.05) is 19.3 Å². The topological polar surface area (TPSA) is 69.6 Å². The predicted octanol–water partition coefficient (Wildman–Crippen LogP) is 2.02. The molecule has 1 aliphatic carbocycles. The van der Waals surface area contributed by atoms with E-state index >= 15 is 0 Å². The van der Waals surface area contributed by atoms with E-state index in [1.54, 1.807) is 4.90 Å². The molecule has 2 amide bonds. The van der Waals surface area contributed by atoms with Crippen molar-refractivity contribution in [1.82, 2.24) is 10.2 Å². The van der Waals surface area contributed by atoms with Crippen LogP contribution in [0.2, 0.25) is 0 Å². The number of carbonyl (C=O) groups excluding carboxylic acids is 1. The molecule has 1 saturated carbocycles. The molecular weight excluding hydrogens is 276 g/mol. The Morgan fingerprint density at radius 3 is 2.35 bits per heavy atom. The second kappa shape index (κ2) is 6.70. The third-order valence-corrected chi connectivity index (χ3v) is 5.69. The fourth-order valence-electron chi connectivity index (χ4n) is 3.16. The monoisotopic (exact) mass is 300 g/mol. The Hall–Kier alpha value is -0.910. The molecule has 1 saturated heterocycles. The van der Waals surface area contributed by atoms with Gasteiger partial charge in [0.1, 0.15) is 0 Å². The molecule has 2 atom stereocenters. The van der Waals surface area contributed by atoms with Crippen LogP contribution in [0.15, 0.2) is 0 Å². The van der Waals surface area contributed by atoms with Crippen molar-refractivity contribution in [3.63, 3.8) is 0 Å². The van der Waals surface area contributed by atoms with Crippen molar-refractivity contribution in [3.8, 4) is 0 Å². The molecule has 0 aromatic carbocycles. The number of thioether (sulfide) groups is 1. The molecule has 114 valence electrons. The van der Waals surface area contributed by atoms with Gasteiger partial charge >= 0.3 is 12.0 Å². The van der Waals surface area contributed by atoms with Crippen molar-refractivity contribution in [2.24, 2.45) is 11.8 Å². The molecule has 0 aromatic rings. The van der Waals surface area contributed by atoms with Crippen LogP contribution in [-0.2, 0) is 4.79 Å². The lowest BCUT2D eigenvalue weighted by molar-refractivity contribution is -0.142. The summed E-state index contributed by atoms with van der Waals surface area (Å²) in [5.74, 6) is -1.19. The van der Waals surface area contributed by atoms with Crippen molar-refractivity contribution in [2.45, 2.75) is 43.9 Å². The second-order valence-electron chi connectivity index (χ2n) is 5.99. The molecule has 2 fully saturated rings. The molecule has 0 bridgehead atoms. The van der Waals surface area contributed by atoms with Crippen LogP contribution in [0.4, 0.5) is 4.79 Å². The number of likely N-dealkylation sites (tertiary alicyclic amines) is 1. The minimum Gasteiger partial charge on any atom is -0.481 e. The number of nitrogens with one attached hydrogen (secondary N) is 1. The second-order valence-corrected chi connectivity index (χ2v) is 7.12. The maximum atomic E-state index is 12.2. The molecule has 6 heteroatoms. The maximum Gasteiger partial charge on any atom is 0.317 e. The van der Waals surface area contributed by atoms with E-state index in [4.69, 9.17) is 5.11 Å². The Morgan fingerprint density at radius 1 is 1.20 bits per heavy atom. The smallest absolute Gasteiger partial charge is 0.317 e. The Labute approximate surface area is 124 Å². The highest BCUT2D eigenvalue weighted by atomic mass is 32.2. The number of carbonyl (C=O) groups is 2. The van der Waals surface area contributed by atoms with Gasteiger partial charge in [-0.15, -0.1) is 0 Å². The Morgan fingerprint density at radius 2 is 1.85 bits per heavy atom. The summed E-state index contributed by atoms with van der Waals surface area (Å²) < 4.78 is 0. The number of hydrogen-bond acceptors (Lipinski definition) is 3. The molecule has 1 aliphatic heterocycles.